The molecule has 1 heterocycles. The molecule has 1 aromatic heterocycles. The van der Waals surface area contributed by atoms with E-state index < -0.39 is 5.60 Å². The summed E-state index contributed by atoms with van der Waals surface area (Å²) in [6.45, 7) is 4.34. The lowest BCUT2D eigenvalue weighted by molar-refractivity contribution is -0.0929. The molecule has 1 saturated carbocycles. The molecule has 0 atom stereocenters. The summed E-state index contributed by atoms with van der Waals surface area (Å²) in [6.07, 6.45) is 3.00. The van der Waals surface area contributed by atoms with Gasteiger partial charge in [-0.15, -0.1) is 0 Å². The second kappa shape index (κ2) is 3.90. The number of anilines is 1. The van der Waals surface area contributed by atoms with Gasteiger partial charge in [0, 0.05) is 11.8 Å². The molecule has 3 N–H and O–H groups in total. The lowest BCUT2D eigenvalue weighted by Gasteiger charge is -2.46. The van der Waals surface area contributed by atoms with E-state index >= 15 is 0 Å². The zero-order valence-electron chi connectivity index (χ0n) is 9.57. The molecular formula is C12H17ClN2O. The van der Waals surface area contributed by atoms with Crippen molar-refractivity contribution in [2.45, 2.75) is 32.3 Å². The molecular weight excluding hydrogens is 224 g/mol. The lowest BCUT2D eigenvalue weighted by Crippen LogP contribution is -2.43. The van der Waals surface area contributed by atoms with Crippen LogP contribution >= 0.6 is 11.6 Å². The predicted molar refractivity (Wildman–Crippen MR) is 65.1 cm³/mol. The van der Waals surface area contributed by atoms with Crippen LogP contribution in [-0.2, 0) is 5.60 Å². The third kappa shape index (κ3) is 1.89. The van der Waals surface area contributed by atoms with E-state index in [1.165, 1.54) is 6.20 Å². The summed E-state index contributed by atoms with van der Waals surface area (Å²) in [4.78, 5) is 3.98. The molecule has 1 fully saturated rings. The summed E-state index contributed by atoms with van der Waals surface area (Å²) < 4.78 is 0. The van der Waals surface area contributed by atoms with Gasteiger partial charge in [-0.2, -0.15) is 0 Å². The van der Waals surface area contributed by atoms with Crippen molar-refractivity contribution in [1.29, 1.82) is 0 Å². The fourth-order valence-electron chi connectivity index (χ4n) is 2.32. The van der Waals surface area contributed by atoms with Crippen LogP contribution in [0, 0.1) is 11.8 Å². The first-order chi connectivity index (χ1) is 7.42. The minimum Gasteiger partial charge on any atom is -0.385 e. The van der Waals surface area contributed by atoms with Gasteiger partial charge in [-0.3, -0.25) is 0 Å². The standard InChI is InChI=1S/C12H17ClN2O/c1-7(2)8-4-12(16,5-8)10-3-9(13)6-15-11(10)14/h3,6-8,16H,4-5H2,1-2H3,(H2,14,15). The Morgan fingerprint density at radius 3 is 2.75 bits per heavy atom. The monoisotopic (exact) mass is 240 g/mol. The van der Waals surface area contributed by atoms with Gasteiger partial charge in [0.2, 0.25) is 0 Å². The van der Waals surface area contributed by atoms with Crippen molar-refractivity contribution in [1.82, 2.24) is 4.98 Å². The number of hydrogen-bond donors (Lipinski definition) is 2. The molecule has 1 aromatic rings. The van der Waals surface area contributed by atoms with E-state index in [0.29, 0.717) is 28.2 Å². The molecule has 16 heavy (non-hydrogen) atoms. The maximum atomic E-state index is 10.4. The minimum atomic E-state index is -0.822. The van der Waals surface area contributed by atoms with Crippen LogP contribution in [0.2, 0.25) is 5.02 Å². The number of aromatic nitrogens is 1. The topological polar surface area (TPSA) is 59.1 Å². The normalized spacial score (nSPS) is 29.2. The van der Waals surface area contributed by atoms with Gasteiger partial charge in [0.1, 0.15) is 5.82 Å². The van der Waals surface area contributed by atoms with Gasteiger partial charge in [-0.1, -0.05) is 25.4 Å². The van der Waals surface area contributed by atoms with Crippen LogP contribution in [0.1, 0.15) is 32.3 Å². The molecule has 0 saturated heterocycles. The van der Waals surface area contributed by atoms with Crippen LogP contribution in [0.25, 0.3) is 0 Å². The van der Waals surface area contributed by atoms with Gasteiger partial charge >= 0.3 is 0 Å². The highest BCUT2D eigenvalue weighted by molar-refractivity contribution is 6.30. The van der Waals surface area contributed by atoms with Gasteiger partial charge in [0.15, 0.2) is 0 Å². The molecule has 0 spiro atoms. The van der Waals surface area contributed by atoms with Crippen LogP contribution < -0.4 is 5.73 Å². The van der Waals surface area contributed by atoms with E-state index in [9.17, 15) is 5.11 Å². The Morgan fingerprint density at radius 1 is 1.56 bits per heavy atom. The van der Waals surface area contributed by atoms with Crippen LogP contribution in [0.3, 0.4) is 0 Å². The number of pyridine rings is 1. The van der Waals surface area contributed by atoms with E-state index in [4.69, 9.17) is 17.3 Å². The first kappa shape index (κ1) is 11.7. The summed E-state index contributed by atoms with van der Waals surface area (Å²) >= 11 is 5.87. The number of hydrogen-bond acceptors (Lipinski definition) is 3. The van der Waals surface area contributed by atoms with Crippen molar-refractivity contribution in [3.8, 4) is 0 Å². The molecule has 88 valence electrons. The highest BCUT2D eigenvalue weighted by Crippen LogP contribution is 2.50. The Balaban J connectivity index is 2.23. The molecule has 0 unspecified atom stereocenters. The Kier molecular flexibility index (Phi) is 2.84. The summed E-state index contributed by atoms with van der Waals surface area (Å²) in [7, 11) is 0. The van der Waals surface area contributed by atoms with Gasteiger partial charge in [-0.25, -0.2) is 4.98 Å². The second-order valence-corrected chi connectivity index (χ2v) is 5.47. The smallest absolute Gasteiger partial charge is 0.129 e. The number of nitrogens with zero attached hydrogens (tertiary/aromatic N) is 1. The van der Waals surface area contributed by atoms with Crippen LogP contribution in [0.5, 0.6) is 0 Å². The molecule has 0 radical (unpaired) electrons. The molecule has 1 aliphatic rings. The molecule has 0 aliphatic heterocycles. The Labute approximate surface area is 101 Å². The highest BCUT2D eigenvalue weighted by Gasteiger charge is 2.46. The van der Waals surface area contributed by atoms with Crippen molar-refractivity contribution in [2.75, 3.05) is 5.73 Å². The Hall–Kier alpha value is -0.800. The van der Waals surface area contributed by atoms with Crippen molar-refractivity contribution in [2.24, 2.45) is 11.8 Å². The lowest BCUT2D eigenvalue weighted by atomic mass is 9.63. The van der Waals surface area contributed by atoms with E-state index in [1.807, 2.05) is 0 Å². The first-order valence-electron chi connectivity index (χ1n) is 5.56. The van der Waals surface area contributed by atoms with E-state index in [-0.39, 0.29) is 0 Å². The maximum absolute atomic E-state index is 10.4. The van der Waals surface area contributed by atoms with Crippen molar-refractivity contribution < 1.29 is 5.11 Å². The van der Waals surface area contributed by atoms with Crippen LogP contribution in [-0.4, -0.2) is 10.1 Å². The summed E-state index contributed by atoms with van der Waals surface area (Å²) in [6, 6.07) is 1.72. The van der Waals surface area contributed by atoms with Crippen molar-refractivity contribution in [3.05, 3.63) is 22.8 Å². The second-order valence-electron chi connectivity index (χ2n) is 5.03. The first-order valence-corrected chi connectivity index (χ1v) is 5.94. The van der Waals surface area contributed by atoms with Crippen molar-refractivity contribution in [3.63, 3.8) is 0 Å². The average molecular weight is 241 g/mol. The predicted octanol–water partition coefficient (Wildman–Crippen LogP) is 2.57. The molecule has 0 aromatic carbocycles. The summed E-state index contributed by atoms with van der Waals surface area (Å²) in [5, 5.41) is 10.9. The fourth-order valence-corrected chi connectivity index (χ4v) is 2.48. The Bertz CT molecular complexity index is 400. The number of halogens is 1. The zero-order valence-corrected chi connectivity index (χ0v) is 10.3. The quantitative estimate of drug-likeness (QED) is 0.835. The SMILES string of the molecule is CC(C)C1CC(O)(c2cc(Cl)cnc2N)C1. The number of rotatable bonds is 2. The molecule has 0 bridgehead atoms. The van der Waals surface area contributed by atoms with Gasteiger partial charge in [0.25, 0.3) is 0 Å². The zero-order chi connectivity index (χ0) is 11.9. The number of aliphatic hydroxyl groups is 1. The van der Waals surface area contributed by atoms with Gasteiger partial charge < -0.3 is 10.8 Å². The minimum absolute atomic E-state index is 0.383. The van der Waals surface area contributed by atoms with E-state index in [2.05, 4.69) is 18.8 Å². The average Bonchev–Trinajstić information content (AvgIpc) is 2.16. The fraction of sp³-hybridized carbons (Fsp3) is 0.583. The van der Waals surface area contributed by atoms with Crippen LogP contribution in [0.4, 0.5) is 5.82 Å². The molecule has 3 nitrogen and oxygen atoms in total. The van der Waals surface area contributed by atoms with Gasteiger partial charge in [0.05, 0.1) is 10.6 Å². The molecule has 2 rings (SSSR count). The summed E-state index contributed by atoms with van der Waals surface area (Å²) in [5.74, 6) is 1.53. The third-order valence-electron chi connectivity index (χ3n) is 3.53. The summed E-state index contributed by atoms with van der Waals surface area (Å²) in [5.41, 5.74) is 5.63. The maximum Gasteiger partial charge on any atom is 0.129 e. The molecule has 0 amide bonds. The molecule has 1 aliphatic carbocycles. The highest BCUT2D eigenvalue weighted by atomic mass is 35.5. The Morgan fingerprint density at radius 2 is 2.19 bits per heavy atom. The third-order valence-corrected chi connectivity index (χ3v) is 3.74. The van der Waals surface area contributed by atoms with E-state index in [1.54, 1.807) is 6.07 Å². The molecule has 4 heteroatoms. The number of nitrogen functional groups attached to an aromatic ring is 1. The van der Waals surface area contributed by atoms with E-state index in [0.717, 1.165) is 12.8 Å². The number of nitrogens with two attached hydrogens (primary N) is 1. The largest absolute Gasteiger partial charge is 0.385 e. The van der Waals surface area contributed by atoms with Gasteiger partial charge in [-0.05, 0) is 30.7 Å². The van der Waals surface area contributed by atoms with Crippen molar-refractivity contribution >= 4 is 17.4 Å². The van der Waals surface area contributed by atoms with Crippen LogP contribution in [0.15, 0.2) is 12.3 Å².